The van der Waals surface area contributed by atoms with Gasteiger partial charge in [0.25, 0.3) is 11.4 Å². The first kappa shape index (κ1) is 19.0. The second-order valence-corrected chi connectivity index (χ2v) is 5.46. The molecule has 2 rings (SSSR count). The van der Waals surface area contributed by atoms with Crippen molar-refractivity contribution in [3.63, 3.8) is 0 Å². The number of nitro benzene ring substituents is 2. The normalized spacial score (nSPS) is 11.6. The van der Waals surface area contributed by atoms with Crippen molar-refractivity contribution in [2.24, 2.45) is 0 Å². The number of nitrogens with zero attached hydrogens (tertiary/aromatic N) is 2. The van der Waals surface area contributed by atoms with E-state index < -0.39 is 33.3 Å². The molecule has 1 atom stereocenters. The van der Waals surface area contributed by atoms with Gasteiger partial charge in [0.05, 0.1) is 34.2 Å². The second kappa shape index (κ2) is 8.67. The Balaban J connectivity index is 1.96. The number of rotatable bonds is 8. The van der Waals surface area contributed by atoms with Crippen LogP contribution in [0.4, 0.5) is 11.4 Å². The fourth-order valence-corrected chi connectivity index (χ4v) is 2.06. The first-order valence-electron chi connectivity index (χ1n) is 7.63. The summed E-state index contributed by atoms with van der Waals surface area (Å²) < 4.78 is 10.6. The van der Waals surface area contributed by atoms with E-state index in [9.17, 15) is 25.0 Å². The molecule has 0 aromatic heterocycles. The number of benzene rings is 2. The van der Waals surface area contributed by atoms with E-state index in [1.165, 1.54) is 0 Å². The Morgan fingerprint density at radius 1 is 1.04 bits per heavy atom. The first-order chi connectivity index (χ1) is 12.4. The Morgan fingerprint density at radius 2 is 1.62 bits per heavy atom. The maximum absolute atomic E-state index is 12.1. The summed E-state index contributed by atoms with van der Waals surface area (Å²) in [5.41, 5.74) is -0.416. The third-order valence-electron chi connectivity index (χ3n) is 3.39. The van der Waals surface area contributed by atoms with Crippen LogP contribution in [0, 0.1) is 20.2 Å². The summed E-state index contributed by atoms with van der Waals surface area (Å²) in [7, 11) is 0. The second-order valence-electron chi connectivity index (χ2n) is 5.46. The molecule has 0 radical (unpaired) electrons. The molecule has 9 nitrogen and oxygen atoms in total. The molecule has 0 unspecified atom stereocenters. The number of non-ortho nitro benzene ring substituents is 2. The third kappa shape index (κ3) is 5.35. The highest BCUT2D eigenvalue weighted by Gasteiger charge is 2.21. The zero-order valence-corrected chi connectivity index (χ0v) is 13.9. The molecular formula is C17H16N2O7. The highest BCUT2D eigenvalue weighted by Crippen LogP contribution is 2.23. The van der Waals surface area contributed by atoms with Crippen molar-refractivity contribution < 1.29 is 24.1 Å². The molecule has 0 saturated heterocycles. The molecule has 2 aromatic rings. The Kier molecular flexibility index (Phi) is 6.34. The van der Waals surface area contributed by atoms with Crippen LogP contribution in [-0.4, -0.2) is 28.5 Å². The van der Waals surface area contributed by atoms with Gasteiger partial charge in [-0.3, -0.25) is 20.2 Å². The Bertz CT molecular complexity index is 776. The SMILES string of the molecule is C[C@H](COC(=O)c1cc([N+](=O)[O-])cc([N+](=O)[O-])c1)OCc1ccccc1. The predicted molar refractivity (Wildman–Crippen MR) is 90.7 cm³/mol. The fraction of sp³-hybridized carbons (Fsp3) is 0.235. The summed E-state index contributed by atoms with van der Waals surface area (Å²) in [5, 5.41) is 21.7. The Hall–Kier alpha value is -3.33. The average Bonchev–Trinajstić information content (AvgIpc) is 2.64. The highest BCUT2D eigenvalue weighted by atomic mass is 16.6. The zero-order chi connectivity index (χ0) is 19.1. The molecule has 0 N–H and O–H groups in total. The molecule has 0 saturated carbocycles. The maximum atomic E-state index is 12.1. The average molecular weight is 360 g/mol. The van der Waals surface area contributed by atoms with Crippen molar-refractivity contribution in [2.75, 3.05) is 6.61 Å². The highest BCUT2D eigenvalue weighted by molar-refractivity contribution is 5.91. The van der Waals surface area contributed by atoms with Gasteiger partial charge in [-0.05, 0) is 12.5 Å². The third-order valence-corrected chi connectivity index (χ3v) is 3.39. The first-order valence-corrected chi connectivity index (χ1v) is 7.63. The minimum Gasteiger partial charge on any atom is -0.459 e. The topological polar surface area (TPSA) is 122 Å². The molecule has 0 bridgehead atoms. The lowest BCUT2D eigenvalue weighted by Crippen LogP contribution is -2.19. The molecular weight excluding hydrogens is 344 g/mol. The van der Waals surface area contributed by atoms with E-state index in [0.29, 0.717) is 6.61 Å². The van der Waals surface area contributed by atoms with Gasteiger partial charge in [-0.2, -0.15) is 0 Å². The summed E-state index contributed by atoms with van der Waals surface area (Å²) in [6.45, 7) is 1.94. The minimum absolute atomic E-state index is 0.0951. The summed E-state index contributed by atoms with van der Waals surface area (Å²) in [4.78, 5) is 32.1. The van der Waals surface area contributed by atoms with Crippen LogP contribution in [0.25, 0.3) is 0 Å². The molecule has 9 heteroatoms. The van der Waals surface area contributed by atoms with Gasteiger partial charge >= 0.3 is 5.97 Å². The van der Waals surface area contributed by atoms with Crippen LogP contribution in [0.5, 0.6) is 0 Å². The van der Waals surface area contributed by atoms with Crippen molar-refractivity contribution in [3.05, 3.63) is 79.9 Å². The van der Waals surface area contributed by atoms with E-state index in [1.807, 2.05) is 30.3 Å². The molecule has 26 heavy (non-hydrogen) atoms. The van der Waals surface area contributed by atoms with Crippen molar-refractivity contribution in [3.8, 4) is 0 Å². The van der Waals surface area contributed by atoms with Crippen LogP contribution < -0.4 is 0 Å². The quantitative estimate of drug-likeness (QED) is 0.402. The van der Waals surface area contributed by atoms with E-state index in [1.54, 1.807) is 6.92 Å². The molecule has 0 aliphatic heterocycles. The lowest BCUT2D eigenvalue weighted by Gasteiger charge is -2.13. The number of carbonyl (C=O) groups is 1. The van der Waals surface area contributed by atoms with Gasteiger partial charge in [0.2, 0.25) is 0 Å². The number of hydrogen-bond donors (Lipinski definition) is 0. The monoisotopic (exact) mass is 360 g/mol. The van der Waals surface area contributed by atoms with Crippen molar-refractivity contribution in [1.29, 1.82) is 0 Å². The van der Waals surface area contributed by atoms with Crippen molar-refractivity contribution in [2.45, 2.75) is 19.6 Å². The van der Waals surface area contributed by atoms with E-state index in [0.717, 1.165) is 23.8 Å². The van der Waals surface area contributed by atoms with Crippen LogP contribution >= 0.6 is 0 Å². The molecule has 0 heterocycles. The Labute approximate surface area is 148 Å². The van der Waals surface area contributed by atoms with Crippen LogP contribution in [-0.2, 0) is 16.1 Å². The van der Waals surface area contributed by atoms with Crippen LogP contribution in [0.2, 0.25) is 0 Å². The van der Waals surface area contributed by atoms with Crippen LogP contribution in [0.15, 0.2) is 48.5 Å². The standard InChI is InChI=1S/C17H16N2O7/c1-12(25-11-13-5-3-2-4-6-13)10-26-17(20)14-7-15(18(21)22)9-16(8-14)19(23)24/h2-9,12H,10-11H2,1H3/t12-/m1/s1. The van der Waals surface area contributed by atoms with E-state index in [4.69, 9.17) is 9.47 Å². The lowest BCUT2D eigenvalue weighted by molar-refractivity contribution is -0.394. The predicted octanol–water partition coefficient (Wildman–Crippen LogP) is 3.27. The van der Waals surface area contributed by atoms with Gasteiger partial charge in [-0.25, -0.2) is 4.79 Å². The van der Waals surface area contributed by atoms with E-state index in [-0.39, 0.29) is 12.2 Å². The molecule has 0 aliphatic rings. The fourth-order valence-electron chi connectivity index (χ4n) is 2.06. The summed E-state index contributed by atoms with van der Waals surface area (Å²) in [5.74, 6) is -0.896. The van der Waals surface area contributed by atoms with Crippen LogP contribution in [0.1, 0.15) is 22.8 Å². The molecule has 136 valence electrons. The van der Waals surface area contributed by atoms with E-state index >= 15 is 0 Å². The number of nitro groups is 2. The van der Waals surface area contributed by atoms with Gasteiger partial charge in [0, 0.05) is 12.1 Å². The smallest absolute Gasteiger partial charge is 0.338 e. The maximum Gasteiger partial charge on any atom is 0.338 e. The molecule has 0 amide bonds. The summed E-state index contributed by atoms with van der Waals surface area (Å²) >= 11 is 0. The number of carbonyl (C=O) groups excluding carboxylic acids is 1. The number of ether oxygens (including phenoxy) is 2. The van der Waals surface area contributed by atoms with Crippen LogP contribution in [0.3, 0.4) is 0 Å². The van der Waals surface area contributed by atoms with Crippen molar-refractivity contribution in [1.82, 2.24) is 0 Å². The number of hydrogen-bond acceptors (Lipinski definition) is 7. The van der Waals surface area contributed by atoms with Crippen molar-refractivity contribution >= 4 is 17.3 Å². The van der Waals surface area contributed by atoms with E-state index in [2.05, 4.69) is 0 Å². The molecule has 0 spiro atoms. The summed E-state index contributed by atoms with van der Waals surface area (Å²) in [6, 6.07) is 12.1. The van der Waals surface area contributed by atoms with Gasteiger partial charge in [-0.1, -0.05) is 30.3 Å². The molecule has 0 fully saturated rings. The lowest BCUT2D eigenvalue weighted by atomic mass is 10.2. The minimum atomic E-state index is -0.896. The zero-order valence-electron chi connectivity index (χ0n) is 13.9. The van der Waals surface area contributed by atoms with Gasteiger partial charge in [0.15, 0.2) is 0 Å². The largest absolute Gasteiger partial charge is 0.459 e. The van der Waals surface area contributed by atoms with Gasteiger partial charge in [-0.15, -0.1) is 0 Å². The van der Waals surface area contributed by atoms with Gasteiger partial charge < -0.3 is 9.47 Å². The van der Waals surface area contributed by atoms with Gasteiger partial charge in [0.1, 0.15) is 6.61 Å². The molecule has 2 aromatic carbocycles. The Morgan fingerprint density at radius 3 is 2.15 bits per heavy atom. The molecule has 0 aliphatic carbocycles. The summed E-state index contributed by atoms with van der Waals surface area (Å²) in [6.07, 6.45) is -0.423. The number of esters is 1.